The van der Waals surface area contributed by atoms with Crippen molar-refractivity contribution < 1.29 is 0 Å². The summed E-state index contributed by atoms with van der Waals surface area (Å²) in [5.74, 6) is 0.447. The highest BCUT2D eigenvalue weighted by Gasteiger charge is 2.16. The summed E-state index contributed by atoms with van der Waals surface area (Å²) < 4.78 is 2.04. The predicted octanol–water partition coefficient (Wildman–Crippen LogP) is 0.160. The molecule has 1 atom stereocenters. The van der Waals surface area contributed by atoms with Crippen LogP contribution in [0.25, 0.3) is 11.2 Å². The van der Waals surface area contributed by atoms with Gasteiger partial charge in [0.2, 0.25) is 0 Å². The first-order chi connectivity index (χ1) is 7.84. The van der Waals surface area contributed by atoms with Crippen LogP contribution in [0, 0.1) is 0 Å². The van der Waals surface area contributed by atoms with Crippen molar-refractivity contribution in [2.24, 2.45) is 0 Å². The molecule has 0 aromatic carbocycles. The second-order valence-corrected chi connectivity index (χ2v) is 4.12. The molecule has 1 fully saturated rings. The smallest absolute Gasteiger partial charge is 0.165 e. The second-order valence-electron chi connectivity index (χ2n) is 4.12. The zero-order valence-corrected chi connectivity index (χ0v) is 8.93. The molecule has 6 heteroatoms. The molecule has 3 N–H and O–H groups in total. The summed E-state index contributed by atoms with van der Waals surface area (Å²) >= 11 is 0. The summed E-state index contributed by atoms with van der Waals surface area (Å²) in [7, 11) is 0. The summed E-state index contributed by atoms with van der Waals surface area (Å²) in [4.78, 5) is 12.4. The van der Waals surface area contributed by atoms with Crippen LogP contribution in [0.5, 0.6) is 0 Å². The van der Waals surface area contributed by atoms with Crippen molar-refractivity contribution in [2.75, 3.05) is 12.3 Å². The van der Waals surface area contributed by atoms with Crippen molar-refractivity contribution in [3.63, 3.8) is 0 Å². The summed E-state index contributed by atoms with van der Waals surface area (Å²) in [5, 5.41) is 3.45. The molecule has 1 aliphatic heterocycles. The van der Waals surface area contributed by atoms with Gasteiger partial charge in [0.05, 0.1) is 6.33 Å². The molecular weight excluding hydrogens is 204 g/mol. The van der Waals surface area contributed by atoms with Gasteiger partial charge in [-0.25, -0.2) is 15.0 Å². The minimum atomic E-state index is 0.447. The Morgan fingerprint density at radius 3 is 3.19 bits per heavy atom. The molecule has 1 saturated heterocycles. The van der Waals surface area contributed by atoms with Gasteiger partial charge >= 0.3 is 0 Å². The third-order valence-electron chi connectivity index (χ3n) is 3.01. The highest BCUT2D eigenvalue weighted by molar-refractivity contribution is 5.81. The molecule has 6 nitrogen and oxygen atoms in total. The Labute approximate surface area is 92.9 Å². The number of rotatable bonds is 2. The Balaban J connectivity index is 1.94. The SMILES string of the molecule is Nc1ncnc2c1ncn2CC1CCCN1. The van der Waals surface area contributed by atoms with Crippen LogP contribution < -0.4 is 11.1 Å². The number of fused-ring (bicyclic) bond motifs is 1. The topological polar surface area (TPSA) is 81.7 Å². The molecule has 0 bridgehead atoms. The van der Waals surface area contributed by atoms with E-state index in [2.05, 4.69) is 20.3 Å². The lowest BCUT2D eigenvalue weighted by Crippen LogP contribution is -2.26. The number of hydrogen-bond acceptors (Lipinski definition) is 5. The molecule has 2 aromatic heterocycles. The highest BCUT2D eigenvalue weighted by Crippen LogP contribution is 2.16. The number of nitrogen functional groups attached to an aromatic ring is 1. The van der Waals surface area contributed by atoms with E-state index in [0.717, 1.165) is 18.7 Å². The standard InChI is InChI=1S/C10H14N6/c11-9-8-10(14-5-13-9)16(6-15-8)4-7-2-1-3-12-7/h5-7,12H,1-4H2,(H2,11,13,14). The Morgan fingerprint density at radius 1 is 1.44 bits per heavy atom. The fraction of sp³-hybridized carbons (Fsp3) is 0.500. The van der Waals surface area contributed by atoms with Gasteiger partial charge in [-0.3, -0.25) is 0 Å². The molecule has 3 rings (SSSR count). The molecule has 0 radical (unpaired) electrons. The maximum atomic E-state index is 5.74. The van der Waals surface area contributed by atoms with Gasteiger partial charge in [0.15, 0.2) is 11.5 Å². The zero-order valence-electron chi connectivity index (χ0n) is 8.93. The minimum Gasteiger partial charge on any atom is -0.382 e. The van der Waals surface area contributed by atoms with E-state index in [9.17, 15) is 0 Å². The van der Waals surface area contributed by atoms with Crippen molar-refractivity contribution in [1.82, 2.24) is 24.8 Å². The average molecular weight is 218 g/mol. The van der Waals surface area contributed by atoms with Gasteiger partial charge in [0.25, 0.3) is 0 Å². The molecule has 0 saturated carbocycles. The maximum Gasteiger partial charge on any atom is 0.165 e. The van der Waals surface area contributed by atoms with Gasteiger partial charge in [-0.15, -0.1) is 0 Å². The van der Waals surface area contributed by atoms with Crippen LogP contribution in [0.2, 0.25) is 0 Å². The van der Waals surface area contributed by atoms with E-state index in [1.807, 2.05) is 4.57 Å². The molecule has 84 valence electrons. The van der Waals surface area contributed by atoms with E-state index in [-0.39, 0.29) is 0 Å². The fourth-order valence-corrected chi connectivity index (χ4v) is 2.18. The van der Waals surface area contributed by atoms with E-state index in [1.54, 1.807) is 6.33 Å². The van der Waals surface area contributed by atoms with E-state index in [1.165, 1.54) is 19.2 Å². The lowest BCUT2D eigenvalue weighted by Gasteiger charge is -2.10. The number of anilines is 1. The number of nitrogens with one attached hydrogen (secondary N) is 1. The van der Waals surface area contributed by atoms with Crippen LogP contribution in [-0.4, -0.2) is 32.1 Å². The number of hydrogen-bond donors (Lipinski definition) is 2. The number of nitrogens with zero attached hydrogens (tertiary/aromatic N) is 4. The van der Waals surface area contributed by atoms with Gasteiger partial charge in [-0.05, 0) is 19.4 Å². The summed E-state index contributed by atoms with van der Waals surface area (Å²) in [5.41, 5.74) is 7.25. The zero-order chi connectivity index (χ0) is 11.0. The molecule has 0 spiro atoms. The monoisotopic (exact) mass is 218 g/mol. The maximum absolute atomic E-state index is 5.74. The van der Waals surface area contributed by atoms with Gasteiger partial charge < -0.3 is 15.6 Å². The Hall–Kier alpha value is -1.69. The van der Waals surface area contributed by atoms with Gasteiger partial charge in [0.1, 0.15) is 11.8 Å². The van der Waals surface area contributed by atoms with Crippen LogP contribution in [0.1, 0.15) is 12.8 Å². The minimum absolute atomic E-state index is 0.447. The van der Waals surface area contributed by atoms with E-state index in [0.29, 0.717) is 17.4 Å². The van der Waals surface area contributed by atoms with Crippen LogP contribution in [0.15, 0.2) is 12.7 Å². The molecule has 2 aromatic rings. The third kappa shape index (κ3) is 1.51. The average Bonchev–Trinajstić information content (AvgIpc) is 2.90. The lowest BCUT2D eigenvalue weighted by molar-refractivity contribution is 0.515. The Kier molecular flexibility index (Phi) is 2.21. The van der Waals surface area contributed by atoms with Gasteiger partial charge in [-0.2, -0.15) is 0 Å². The molecule has 3 heterocycles. The molecule has 1 unspecified atom stereocenters. The van der Waals surface area contributed by atoms with Crippen LogP contribution in [-0.2, 0) is 6.54 Å². The number of aromatic nitrogens is 4. The van der Waals surface area contributed by atoms with E-state index >= 15 is 0 Å². The Bertz CT molecular complexity index is 499. The van der Waals surface area contributed by atoms with Gasteiger partial charge in [-0.1, -0.05) is 0 Å². The van der Waals surface area contributed by atoms with Crippen molar-refractivity contribution in [3.05, 3.63) is 12.7 Å². The first kappa shape index (κ1) is 9.53. The molecular formula is C10H14N6. The molecule has 0 amide bonds. The first-order valence-corrected chi connectivity index (χ1v) is 5.49. The van der Waals surface area contributed by atoms with Crippen molar-refractivity contribution >= 4 is 17.0 Å². The van der Waals surface area contributed by atoms with Crippen LogP contribution in [0.4, 0.5) is 5.82 Å². The highest BCUT2D eigenvalue weighted by atomic mass is 15.1. The van der Waals surface area contributed by atoms with Crippen molar-refractivity contribution in [3.8, 4) is 0 Å². The largest absolute Gasteiger partial charge is 0.382 e. The summed E-state index contributed by atoms with van der Waals surface area (Å²) in [6.45, 7) is 2.00. The summed E-state index contributed by atoms with van der Waals surface area (Å²) in [6, 6.07) is 0.522. The molecule has 16 heavy (non-hydrogen) atoms. The first-order valence-electron chi connectivity index (χ1n) is 5.49. The summed E-state index contributed by atoms with van der Waals surface area (Å²) in [6.07, 6.45) is 5.72. The predicted molar refractivity (Wildman–Crippen MR) is 60.8 cm³/mol. The number of nitrogens with two attached hydrogens (primary N) is 1. The Morgan fingerprint density at radius 2 is 2.38 bits per heavy atom. The molecule has 0 aliphatic carbocycles. The van der Waals surface area contributed by atoms with Crippen LogP contribution in [0.3, 0.4) is 0 Å². The quantitative estimate of drug-likeness (QED) is 0.750. The second kappa shape index (κ2) is 3.71. The fourth-order valence-electron chi connectivity index (χ4n) is 2.18. The van der Waals surface area contributed by atoms with Crippen molar-refractivity contribution in [1.29, 1.82) is 0 Å². The lowest BCUT2D eigenvalue weighted by atomic mass is 10.2. The third-order valence-corrected chi connectivity index (χ3v) is 3.01. The van der Waals surface area contributed by atoms with Crippen molar-refractivity contribution in [2.45, 2.75) is 25.4 Å². The van der Waals surface area contributed by atoms with Crippen LogP contribution >= 0.6 is 0 Å². The number of imidazole rings is 1. The van der Waals surface area contributed by atoms with Gasteiger partial charge in [0, 0.05) is 12.6 Å². The van der Waals surface area contributed by atoms with E-state index in [4.69, 9.17) is 5.73 Å². The normalized spacial score (nSPS) is 20.6. The van der Waals surface area contributed by atoms with E-state index < -0.39 is 0 Å². The molecule has 1 aliphatic rings.